The number of ether oxygens (including phenoxy) is 1. The number of oxime groups is 1. The molecule has 0 spiro atoms. The Morgan fingerprint density at radius 2 is 1.61 bits per heavy atom. The summed E-state index contributed by atoms with van der Waals surface area (Å²) in [6, 6.07) is 7.51. The van der Waals surface area contributed by atoms with Gasteiger partial charge in [0.25, 0.3) is 5.91 Å². The van der Waals surface area contributed by atoms with Crippen molar-refractivity contribution in [3.05, 3.63) is 35.9 Å². The number of hydrogen-bond acceptors (Lipinski definition) is 6. The van der Waals surface area contributed by atoms with Crippen LogP contribution in [0.15, 0.2) is 35.5 Å². The van der Waals surface area contributed by atoms with E-state index in [4.69, 9.17) is 4.74 Å². The Morgan fingerprint density at radius 1 is 0.968 bits per heavy atom. The summed E-state index contributed by atoms with van der Waals surface area (Å²) in [5.41, 5.74) is 0.832. The minimum atomic E-state index is -0.889. The molecule has 0 bridgehead atoms. The van der Waals surface area contributed by atoms with Gasteiger partial charge in [-0.1, -0.05) is 63.2 Å². The molecule has 172 valence electrons. The number of carbonyl (C=O) groups excluding carboxylic acids is 3. The lowest BCUT2D eigenvalue weighted by Gasteiger charge is -2.23. The Kier molecular flexibility index (Phi) is 11.3. The van der Waals surface area contributed by atoms with Crippen LogP contribution in [0.4, 0.5) is 0 Å². The fourth-order valence-corrected chi connectivity index (χ4v) is 3.03. The SMILES string of the molecule is COC(=O)[C@H](Cc1ccccc1)NC(=O)[C@H](CCC(C)C)NC(=O)/C(CC(C)C)=N/O. The van der Waals surface area contributed by atoms with Gasteiger partial charge in [-0.15, -0.1) is 0 Å². The zero-order chi connectivity index (χ0) is 23.4. The molecule has 2 amide bonds. The first-order valence-corrected chi connectivity index (χ1v) is 10.6. The molecule has 0 heterocycles. The lowest BCUT2D eigenvalue weighted by atomic mass is 10.0. The maximum atomic E-state index is 13.0. The predicted molar refractivity (Wildman–Crippen MR) is 119 cm³/mol. The third kappa shape index (κ3) is 9.63. The Labute approximate surface area is 184 Å². The first-order valence-electron chi connectivity index (χ1n) is 10.6. The van der Waals surface area contributed by atoms with E-state index in [9.17, 15) is 19.6 Å². The van der Waals surface area contributed by atoms with Gasteiger partial charge in [0.2, 0.25) is 5.91 Å². The molecule has 0 aromatic heterocycles. The van der Waals surface area contributed by atoms with Crippen molar-refractivity contribution in [2.24, 2.45) is 17.0 Å². The van der Waals surface area contributed by atoms with Crippen LogP contribution >= 0.6 is 0 Å². The van der Waals surface area contributed by atoms with Crippen molar-refractivity contribution in [1.82, 2.24) is 10.6 Å². The third-order valence-electron chi connectivity index (χ3n) is 4.72. The minimum absolute atomic E-state index is 0.0360. The molecule has 1 rings (SSSR count). The van der Waals surface area contributed by atoms with Crippen LogP contribution in [0, 0.1) is 11.8 Å². The summed E-state index contributed by atoms with van der Waals surface area (Å²) < 4.78 is 4.85. The largest absolute Gasteiger partial charge is 0.467 e. The average molecular weight is 434 g/mol. The molecule has 0 saturated carbocycles. The number of amides is 2. The van der Waals surface area contributed by atoms with E-state index >= 15 is 0 Å². The first-order chi connectivity index (χ1) is 14.7. The second-order valence-corrected chi connectivity index (χ2v) is 8.42. The Bertz CT molecular complexity index is 747. The van der Waals surface area contributed by atoms with Crippen molar-refractivity contribution >= 4 is 23.5 Å². The summed E-state index contributed by atoms with van der Waals surface area (Å²) in [5, 5.41) is 17.7. The highest BCUT2D eigenvalue weighted by atomic mass is 16.5. The number of hydrogen-bond donors (Lipinski definition) is 3. The topological polar surface area (TPSA) is 117 Å². The highest BCUT2D eigenvalue weighted by molar-refractivity contribution is 6.39. The Hall–Kier alpha value is -2.90. The van der Waals surface area contributed by atoms with Gasteiger partial charge in [-0.3, -0.25) is 9.59 Å². The van der Waals surface area contributed by atoms with Crippen LogP contribution in [0.2, 0.25) is 0 Å². The molecule has 0 aliphatic heterocycles. The summed E-state index contributed by atoms with van der Waals surface area (Å²) >= 11 is 0. The average Bonchev–Trinajstić information content (AvgIpc) is 2.73. The van der Waals surface area contributed by atoms with Crippen molar-refractivity contribution in [2.45, 2.75) is 65.5 Å². The summed E-state index contributed by atoms with van der Waals surface area (Å²) in [6.07, 6.45) is 1.62. The summed E-state index contributed by atoms with van der Waals surface area (Å²) in [7, 11) is 1.26. The van der Waals surface area contributed by atoms with Gasteiger partial charge >= 0.3 is 5.97 Å². The molecule has 8 nitrogen and oxygen atoms in total. The fraction of sp³-hybridized carbons (Fsp3) is 0.565. The third-order valence-corrected chi connectivity index (χ3v) is 4.72. The van der Waals surface area contributed by atoms with Crippen LogP contribution in [0.25, 0.3) is 0 Å². The number of nitrogens with one attached hydrogen (secondary N) is 2. The molecule has 0 saturated heterocycles. The molecule has 3 N–H and O–H groups in total. The number of nitrogens with zero attached hydrogens (tertiary/aromatic N) is 1. The van der Waals surface area contributed by atoms with Crippen molar-refractivity contribution in [3.63, 3.8) is 0 Å². The fourth-order valence-electron chi connectivity index (χ4n) is 3.03. The van der Waals surface area contributed by atoms with Crippen LogP contribution in [-0.4, -0.2) is 47.9 Å². The molecule has 0 fully saturated rings. The molecule has 8 heteroatoms. The van der Waals surface area contributed by atoms with Crippen LogP contribution in [0.5, 0.6) is 0 Å². The molecular weight excluding hydrogens is 398 g/mol. The maximum absolute atomic E-state index is 13.0. The smallest absolute Gasteiger partial charge is 0.328 e. The Balaban J connectivity index is 2.97. The Morgan fingerprint density at radius 3 is 2.13 bits per heavy atom. The number of benzene rings is 1. The second kappa shape index (κ2) is 13.4. The predicted octanol–water partition coefficient (Wildman–Crippen LogP) is 2.68. The molecular formula is C23H35N3O5. The standard InChI is InChI=1S/C23H35N3O5/c1-15(2)11-12-18(24-22(28)19(26-30)13-16(3)4)21(27)25-20(23(29)31-5)14-17-9-7-6-8-10-17/h6-10,15-16,18,20,30H,11-14H2,1-5H3,(H,24,28)(H,25,27)/b26-19+/t18-,20-/m0/s1. The first kappa shape index (κ1) is 26.1. The highest BCUT2D eigenvalue weighted by Gasteiger charge is 2.28. The van der Waals surface area contributed by atoms with E-state index < -0.39 is 29.9 Å². The lowest BCUT2D eigenvalue weighted by Crippen LogP contribution is -2.53. The zero-order valence-electron chi connectivity index (χ0n) is 19.1. The number of esters is 1. The number of carbonyl (C=O) groups is 3. The molecule has 0 radical (unpaired) electrons. The molecule has 2 atom stereocenters. The monoisotopic (exact) mass is 433 g/mol. The van der Waals surface area contributed by atoms with Crippen LogP contribution in [-0.2, 0) is 25.5 Å². The quantitative estimate of drug-likeness (QED) is 0.203. The molecule has 31 heavy (non-hydrogen) atoms. The van der Waals surface area contributed by atoms with E-state index in [0.29, 0.717) is 18.8 Å². The van der Waals surface area contributed by atoms with Gasteiger partial charge in [-0.25, -0.2) is 4.79 Å². The highest BCUT2D eigenvalue weighted by Crippen LogP contribution is 2.10. The van der Waals surface area contributed by atoms with Crippen LogP contribution in [0.3, 0.4) is 0 Å². The van der Waals surface area contributed by atoms with Crippen molar-refractivity contribution in [3.8, 4) is 0 Å². The van der Waals surface area contributed by atoms with Gasteiger partial charge in [0, 0.05) is 12.8 Å². The molecule has 1 aromatic rings. The minimum Gasteiger partial charge on any atom is -0.467 e. The van der Waals surface area contributed by atoms with E-state index in [1.807, 2.05) is 58.0 Å². The molecule has 0 unspecified atom stereocenters. The second-order valence-electron chi connectivity index (χ2n) is 8.42. The van der Waals surface area contributed by atoms with Crippen molar-refractivity contribution in [2.75, 3.05) is 7.11 Å². The van der Waals surface area contributed by atoms with E-state index in [1.165, 1.54) is 7.11 Å². The number of rotatable bonds is 12. The van der Waals surface area contributed by atoms with E-state index in [1.54, 1.807) is 0 Å². The molecule has 1 aromatic carbocycles. The van der Waals surface area contributed by atoms with E-state index in [2.05, 4.69) is 15.8 Å². The maximum Gasteiger partial charge on any atom is 0.328 e. The van der Waals surface area contributed by atoms with E-state index in [0.717, 1.165) is 5.56 Å². The van der Waals surface area contributed by atoms with Gasteiger partial charge in [0.15, 0.2) is 0 Å². The molecule has 0 aliphatic carbocycles. The molecule has 0 aliphatic rings. The van der Waals surface area contributed by atoms with Gasteiger partial charge < -0.3 is 20.6 Å². The zero-order valence-corrected chi connectivity index (χ0v) is 19.1. The van der Waals surface area contributed by atoms with Crippen molar-refractivity contribution < 1.29 is 24.3 Å². The van der Waals surface area contributed by atoms with Gasteiger partial charge in [0.05, 0.1) is 7.11 Å². The summed E-state index contributed by atoms with van der Waals surface area (Å²) in [5.74, 6) is -1.23. The van der Waals surface area contributed by atoms with Crippen LogP contribution < -0.4 is 10.6 Å². The number of methoxy groups -OCH3 is 1. The van der Waals surface area contributed by atoms with Crippen molar-refractivity contribution in [1.29, 1.82) is 0 Å². The summed E-state index contributed by atoms with van der Waals surface area (Å²) in [4.78, 5) is 37.8. The van der Waals surface area contributed by atoms with Gasteiger partial charge in [-0.2, -0.15) is 0 Å². The van der Waals surface area contributed by atoms with Gasteiger partial charge in [0.1, 0.15) is 17.8 Å². The van der Waals surface area contributed by atoms with E-state index in [-0.39, 0.29) is 24.5 Å². The van der Waals surface area contributed by atoms with Crippen LogP contribution in [0.1, 0.15) is 52.5 Å². The summed E-state index contributed by atoms with van der Waals surface area (Å²) in [6.45, 7) is 7.82. The normalized spacial score (nSPS) is 13.6. The lowest BCUT2D eigenvalue weighted by molar-refractivity contribution is -0.145. The van der Waals surface area contributed by atoms with Gasteiger partial charge in [-0.05, 0) is 30.2 Å².